The molecule has 0 bridgehead atoms. The zero-order valence-electron chi connectivity index (χ0n) is 11.1. The maximum atomic E-state index is 6.04. The molecule has 4 nitrogen and oxygen atoms in total. The Morgan fingerprint density at radius 3 is 2.95 bits per heavy atom. The van der Waals surface area contributed by atoms with Crippen molar-refractivity contribution in [3.05, 3.63) is 23.7 Å². The lowest BCUT2D eigenvalue weighted by molar-refractivity contribution is 0.0613. The molecule has 0 radical (unpaired) electrons. The number of ether oxygens (including phenoxy) is 1. The lowest BCUT2D eigenvalue weighted by Crippen LogP contribution is -2.21. The molecule has 0 amide bonds. The molecule has 0 aliphatic carbocycles. The molecule has 1 fully saturated rings. The van der Waals surface area contributed by atoms with Crippen LogP contribution in [0.25, 0.3) is 11.2 Å². The maximum Gasteiger partial charge on any atom is 0.160 e. The molecule has 19 heavy (non-hydrogen) atoms. The summed E-state index contributed by atoms with van der Waals surface area (Å²) in [5.41, 5.74) is 3.09. The van der Waals surface area contributed by atoms with Gasteiger partial charge in [-0.1, -0.05) is 0 Å². The molecule has 0 N–H and O–H groups in total. The van der Waals surface area contributed by atoms with Crippen molar-refractivity contribution in [3.63, 3.8) is 0 Å². The van der Waals surface area contributed by atoms with E-state index in [1.807, 2.05) is 12.3 Å². The predicted molar refractivity (Wildman–Crippen MR) is 75.4 cm³/mol. The molecule has 1 saturated heterocycles. The number of halogens is 1. The van der Waals surface area contributed by atoms with E-state index in [1.165, 1.54) is 0 Å². The van der Waals surface area contributed by atoms with Crippen molar-refractivity contribution in [1.29, 1.82) is 0 Å². The standard InChI is InChI=1S/C14H18ClN3O/c1-10-2-5-16-14-13(10)17-12(8-15)18(14)9-11-3-6-19-7-4-11/h2,5,11H,3-4,6-9H2,1H3. The summed E-state index contributed by atoms with van der Waals surface area (Å²) in [6, 6.07) is 1.99. The maximum absolute atomic E-state index is 6.04. The first kappa shape index (κ1) is 12.9. The van der Waals surface area contributed by atoms with Gasteiger partial charge in [-0.15, -0.1) is 11.6 Å². The molecular weight excluding hydrogens is 262 g/mol. The van der Waals surface area contributed by atoms with Gasteiger partial charge in [0.15, 0.2) is 5.65 Å². The van der Waals surface area contributed by atoms with Gasteiger partial charge in [0, 0.05) is 26.0 Å². The van der Waals surface area contributed by atoms with Crippen LogP contribution in [-0.4, -0.2) is 27.7 Å². The number of pyridine rings is 1. The summed E-state index contributed by atoms with van der Waals surface area (Å²) in [5, 5.41) is 0. The summed E-state index contributed by atoms with van der Waals surface area (Å²) in [6.07, 6.45) is 4.05. The van der Waals surface area contributed by atoms with E-state index in [0.717, 1.165) is 55.2 Å². The van der Waals surface area contributed by atoms with Gasteiger partial charge in [-0.25, -0.2) is 9.97 Å². The summed E-state index contributed by atoms with van der Waals surface area (Å²) >= 11 is 6.04. The summed E-state index contributed by atoms with van der Waals surface area (Å²) in [5.74, 6) is 1.99. The van der Waals surface area contributed by atoms with Gasteiger partial charge in [0.2, 0.25) is 0 Å². The highest BCUT2D eigenvalue weighted by Crippen LogP contribution is 2.23. The smallest absolute Gasteiger partial charge is 0.160 e. The van der Waals surface area contributed by atoms with E-state index in [1.54, 1.807) is 0 Å². The minimum Gasteiger partial charge on any atom is -0.381 e. The number of aryl methyl sites for hydroxylation is 1. The Balaban J connectivity index is 1.98. The quantitative estimate of drug-likeness (QED) is 0.811. The molecule has 2 aromatic heterocycles. The second-order valence-corrected chi connectivity index (χ2v) is 5.40. The number of nitrogens with zero attached hydrogens (tertiary/aromatic N) is 3. The Hall–Kier alpha value is -1.13. The first-order valence-corrected chi connectivity index (χ1v) is 7.27. The highest BCUT2D eigenvalue weighted by atomic mass is 35.5. The highest BCUT2D eigenvalue weighted by Gasteiger charge is 2.19. The number of fused-ring (bicyclic) bond motifs is 1. The van der Waals surface area contributed by atoms with Crippen LogP contribution in [0.15, 0.2) is 12.3 Å². The number of imidazole rings is 1. The average molecular weight is 280 g/mol. The monoisotopic (exact) mass is 279 g/mol. The van der Waals surface area contributed by atoms with Gasteiger partial charge in [0.05, 0.1) is 5.88 Å². The van der Waals surface area contributed by atoms with Gasteiger partial charge in [0.25, 0.3) is 0 Å². The third-order valence-corrected chi connectivity index (χ3v) is 4.05. The highest BCUT2D eigenvalue weighted by molar-refractivity contribution is 6.16. The third-order valence-electron chi connectivity index (χ3n) is 3.82. The minimum absolute atomic E-state index is 0.430. The summed E-state index contributed by atoms with van der Waals surface area (Å²) in [7, 11) is 0. The number of hydrogen-bond acceptors (Lipinski definition) is 3. The molecule has 3 heterocycles. The molecule has 1 aliphatic rings. The zero-order valence-corrected chi connectivity index (χ0v) is 11.9. The third kappa shape index (κ3) is 2.47. The molecule has 1 aliphatic heterocycles. The van der Waals surface area contributed by atoms with Crippen LogP contribution >= 0.6 is 11.6 Å². The van der Waals surface area contributed by atoms with Gasteiger partial charge in [-0.3, -0.25) is 0 Å². The van der Waals surface area contributed by atoms with E-state index in [-0.39, 0.29) is 0 Å². The van der Waals surface area contributed by atoms with E-state index < -0.39 is 0 Å². The molecule has 2 aromatic rings. The van der Waals surface area contributed by atoms with Crippen LogP contribution in [0.1, 0.15) is 24.2 Å². The number of hydrogen-bond donors (Lipinski definition) is 0. The van der Waals surface area contributed by atoms with Crippen molar-refractivity contribution in [2.24, 2.45) is 5.92 Å². The first-order valence-electron chi connectivity index (χ1n) is 6.74. The topological polar surface area (TPSA) is 39.9 Å². The molecule has 0 atom stereocenters. The fourth-order valence-corrected chi connectivity index (χ4v) is 2.87. The fraction of sp³-hybridized carbons (Fsp3) is 0.571. The van der Waals surface area contributed by atoms with Gasteiger partial charge < -0.3 is 9.30 Å². The lowest BCUT2D eigenvalue weighted by Gasteiger charge is -2.23. The first-order chi connectivity index (χ1) is 9.29. The molecule has 0 aromatic carbocycles. The summed E-state index contributed by atoms with van der Waals surface area (Å²) in [6.45, 7) is 4.73. The summed E-state index contributed by atoms with van der Waals surface area (Å²) in [4.78, 5) is 9.12. The van der Waals surface area contributed by atoms with Gasteiger partial charge in [-0.2, -0.15) is 0 Å². The molecular formula is C14H18ClN3O. The predicted octanol–water partition coefficient (Wildman–Crippen LogP) is 2.91. The van der Waals surface area contributed by atoms with Gasteiger partial charge >= 0.3 is 0 Å². The van der Waals surface area contributed by atoms with Crippen molar-refractivity contribution in [3.8, 4) is 0 Å². The van der Waals surface area contributed by atoms with Crippen molar-refractivity contribution >= 4 is 22.8 Å². The zero-order chi connectivity index (χ0) is 13.2. The van der Waals surface area contributed by atoms with Crippen molar-refractivity contribution < 1.29 is 4.74 Å². The Morgan fingerprint density at radius 2 is 2.21 bits per heavy atom. The van der Waals surface area contributed by atoms with Crippen LogP contribution in [0.2, 0.25) is 0 Å². The molecule has 0 unspecified atom stereocenters. The van der Waals surface area contributed by atoms with E-state index in [0.29, 0.717) is 11.8 Å². The van der Waals surface area contributed by atoms with Crippen molar-refractivity contribution in [2.45, 2.75) is 32.2 Å². The van der Waals surface area contributed by atoms with Gasteiger partial charge in [0.1, 0.15) is 11.3 Å². The van der Waals surface area contributed by atoms with Crippen LogP contribution in [0.4, 0.5) is 0 Å². The average Bonchev–Trinajstić information content (AvgIpc) is 2.80. The second kappa shape index (κ2) is 5.47. The fourth-order valence-electron chi connectivity index (χ4n) is 2.66. The normalized spacial score (nSPS) is 17.2. The second-order valence-electron chi connectivity index (χ2n) is 5.13. The molecule has 0 saturated carbocycles. The van der Waals surface area contributed by atoms with E-state index in [9.17, 15) is 0 Å². The Labute approximate surface area is 117 Å². The molecule has 0 spiro atoms. The van der Waals surface area contributed by atoms with Crippen LogP contribution in [0.3, 0.4) is 0 Å². The van der Waals surface area contributed by atoms with Crippen LogP contribution < -0.4 is 0 Å². The van der Waals surface area contributed by atoms with E-state index >= 15 is 0 Å². The van der Waals surface area contributed by atoms with E-state index in [4.69, 9.17) is 16.3 Å². The van der Waals surface area contributed by atoms with Crippen LogP contribution in [-0.2, 0) is 17.2 Å². The molecule has 3 rings (SSSR count). The summed E-state index contributed by atoms with van der Waals surface area (Å²) < 4.78 is 7.60. The molecule has 5 heteroatoms. The van der Waals surface area contributed by atoms with Crippen LogP contribution in [0, 0.1) is 12.8 Å². The Bertz CT molecular complexity index is 575. The van der Waals surface area contributed by atoms with Gasteiger partial charge in [-0.05, 0) is 37.3 Å². The lowest BCUT2D eigenvalue weighted by atomic mass is 10.0. The number of rotatable bonds is 3. The van der Waals surface area contributed by atoms with Crippen LogP contribution in [0.5, 0.6) is 0 Å². The molecule has 102 valence electrons. The minimum atomic E-state index is 0.430. The van der Waals surface area contributed by atoms with Crippen molar-refractivity contribution in [2.75, 3.05) is 13.2 Å². The number of alkyl halides is 1. The Kier molecular flexibility index (Phi) is 3.71. The number of aromatic nitrogens is 3. The Morgan fingerprint density at radius 1 is 1.42 bits per heavy atom. The van der Waals surface area contributed by atoms with E-state index in [2.05, 4.69) is 21.5 Å². The largest absolute Gasteiger partial charge is 0.381 e. The van der Waals surface area contributed by atoms with Crippen molar-refractivity contribution in [1.82, 2.24) is 14.5 Å². The SMILES string of the molecule is Cc1ccnc2c1nc(CCl)n2CC1CCOCC1.